The molecule has 0 unspecified atom stereocenters. The molecule has 0 aliphatic rings. The zero-order valence-corrected chi connectivity index (χ0v) is 11.6. The predicted molar refractivity (Wildman–Crippen MR) is 74.8 cm³/mol. The lowest BCUT2D eigenvalue weighted by molar-refractivity contribution is -0.137. The van der Waals surface area contributed by atoms with Crippen LogP contribution in [-0.2, 0) is 6.18 Å². The summed E-state index contributed by atoms with van der Waals surface area (Å²) < 4.78 is 43.2. The number of rotatable bonds is 4. The quantitative estimate of drug-likeness (QED) is 0.935. The van der Waals surface area contributed by atoms with E-state index in [0.717, 1.165) is 18.3 Å². The molecule has 1 N–H and O–H groups in total. The van der Waals surface area contributed by atoms with Crippen molar-refractivity contribution in [2.45, 2.75) is 13.1 Å². The Kier molecular flexibility index (Phi) is 4.65. The Balaban J connectivity index is 2.23. The molecule has 0 aliphatic carbocycles. The topological polar surface area (TPSA) is 51.2 Å². The van der Waals surface area contributed by atoms with Gasteiger partial charge in [0, 0.05) is 6.20 Å². The lowest BCUT2D eigenvalue weighted by Crippen LogP contribution is -2.15. The van der Waals surface area contributed by atoms with E-state index >= 15 is 0 Å². The third-order valence-corrected chi connectivity index (χ3v) is 2.76. The van der Waals surface area contributed by atoms with Gasteiger partial charge < -0.3 is 10.1 Å². The Labute approximate surface area is 124 Å². The van der Waals surface area contributed by atoms with Crippen LogP contribution in [0.3, 0.4) is 0 Å². The first kappa shape index (κ1) is 15.8. The Morgan fingerprint density at radius 1 is 1.27 bits per heavy atom. The van der Waals surface area contributed by atoms with Crippen LogP contribution < -0.4 is 10.1 Å². The summed E-state index contributed by atoms with van der Waals surface area (Å²) in [6, 6.07) is 8.08. The van der Waals surface area contributed by atoms with Gasteiger partial charge in [-0.1, -0.05) is 12.1 Å². The van der Waals surface area contributed by atoms with Crippen molar-refractivity contribution < 1.29 is 22.7 Å². The maximum absolute atomic E-state index is 12.6. The van der Waals surface area contributed by atoms with Crippen LogP contribution in [0.5, 0.6) is 5.75 Å². The van der Waals surface area contributed by atoms with Crippen molar-refractivity contribution in [1.82, 2.24) is 4.98 Å². The maximum Gasteiger partial charge on any atom is 0.416 e. The van der Waals surface area contributed by atoms with Crippen LogP contribution in [0, 0.1) is 0 Å². The summed E-state index contributed by atoms with van der Waals surface area (Å²) in [5, 5.41) is 2.34. The van der Waals surface area contributed by atoms with Gasteiger partial charge in [-0.3, -0.25) is 4.79 Å². The van der Waals surface area contributed by atoms with Crippen LogP contribution in [0.2, 0.25) is 0 Å². The van der Waals surface area contributed by atoms with Crippen molar-refractivity contribution in [3.63, 3.8) is 0 Å². The average molecular weight is 310 g/mol. The van der Waals surface area contributed by atoms with Crippen molar-refractivity contribution in [2.24, 2.45) is 0 Å². The molecule has 7 heteroatoms. The Bertz CT molecular complexity index is 672. The zero-order valence-electron chi connectivity index (χ0n) is 11.6. The third-order valence-electron chi connectivity index (χ3n) is 2.76. The van der Waals surface area contributed by atoms with Gasteiger partial charge >= 0.3 is 6.18 Å². The number of anilines is 1. The van der Waals surface area contributed by atoms with E-state index in [1.54, 1.807) is 25.1 Å². The van der Waals surface area contributed by atoms with E-state index < -0.39 is 17.6 Å². The molecule has 22 heavy (non-hydrogen) atoms. The number of aromatic nitrogens is 1. The molecular weight excluding hydrogens is 297 g/mol. The molecule has 0 saturated carbocycles. The highest BCUT2D eigenvalue weighted by atomic mass is 19.4. The molecule has 0 atom stereocenters. The van der Waals surface area contributed by atoms with Crippen molar-refractivity contribution >= 4 is 11.7 Å². The highest BCUT2D eigenvalue weighted by Gasteiger charge is 2.30. The maximum atomic E-state index is 12.6. The smallest absolute Gasteiger partial charge is 0.416 e. The third kappa shape index (κ3) is 3.75. The zero-order chi connectivity index (χ0) is 16.2. The van der Waals surface area contributed by atoms with Crippen LogP contribution in [0.1, 0.15) is 22.8 Å². The molecule has 1 aromatic carbocycles. The van der Waals surface area contributed by atoms with Gasteiger partial charge in [-0.25, -0.2) is 4.98 Å². The predicted octanol–water partition coefficient (Wildman–Crippen LogP) is 3.75. The minimum Gasteiger partial charge on any atom is -0.493 e. The highest BCUT2D eigenvalue weighted by Crippen LogP contribution is 2.30. The Hall–Kier alpha value is -2.57. The van der Waals surface area contributed by atoms with Crippen molar-refractivity contribution in [3.05, 3.63) is 53.7 Å². The number of ether oxygens (including phenoxy) is 1. The normalized spacial score (nSPS) is 11.1. The number of amides is 1. The molecule has 4 nitrogen and oxygen atoms in total. The molecule has 0 radical (unpaired) electrons. The van der Waals surface area contributed by atoms with E-state index in [1.807, 2.05) is 0 Å². The number of hydrogen-bond acceptors (Lipinski definition) is 3. The van der Waals surface area contributed by atoms with Gasteiger partial charge in [0.25, 0.3) is 5.91 Å². The van der Waals surface area contributed by atoms with E-state index in [-0.39, 0.29) is 11.4 Å². The number of alkyl halides is 3. The number of para-hydroxylation sites is 1. The molecule has 1 amide bonds. The molecule has 1 aromatic heterocycles. The van der Waals surface area contributed by atoms with Crippen LogP contribution in [0.4, 0.5) is 19.0 Å². The number of pyridine rings is 1. The van der Waals surface area contributed by atoms with Crippen molar-refractivity contribution in [2.75, 3.05) is 11.9 Å². The first-order valence-electron chi connectivity index (χ1n) is 6.48. The van der Waals surface area contributed by atoms with Gasteiger partial charge in [0.2, 0.25) is 0 Å². The molecule has 2 aromatic rings. The fraction of sp³-hybridized carbons (Fsp3) is 0.200. The summed E-state index contributed by atoms with van der Waals surface area (Å²) in [7, 11) is 0. The molecular formula is C15H13F3N2O2. The van der Waals surface area contributed by atoms with E-state index in [0.29, 0.717) is 12.4 Å². The second kappa shape index (κ2) is 6.46. The number of nitrogens with one attached hydrogen (secondary N) is 1. The molecule has 0 spiro atoms. The number of benzene rings is 1. The van der Waals surface area contributed by atoms with Gasteiger partial charge in [0.15, 0.2) is 0 Å². The second-order valence-electron chi connectivity index (χ2n) is 4.31. The largest absolute Gasteiger partial charge is 0.493 e. The summed E-state index contributed by atoms with van der Waals surface area (Å²) in [6.07, 6.45) is -3.50. The SMILES string of the molecule is CCOc1ccccc1C(=O)Nc1cc(C(F)(F)F)ccn1. The van der Waals surface area contributed by atoms with Gasteiger partial charge in [-0.15, -0.1) is 0 Å². The summed E-state index contributed by atoms with van der Waals surface area (Å²) in [4.78, 5) is 15.9. The van der Waals surface area contributed by atoms with Crippen LogP contribution in [-0.4, -0.2) is 17.5 Å². The summed E-state index contributed by atoms with van der Waals surface area (Å²) in [6.45, 7) is 2.13. The first-order valence-corrected chi connectivity index (χ1v) is 6.48. The summed E-state index contributed by atoms with van der Waals surface area (Å²) in [5.74, 6) is -0.406. The lowest BCUT2D eigenvalue weighted by atomic mass is 10.2. The van der Waals surface area contributed by atoms with E-state index in [1.165, 1.54) is 6.07 Å². The summed E-state index contributed by atoms with van der Waals surface area (Å²) in [5.41, 5.74) is -0.653. The first-order chi connectivity index (χ1) is 10.4. The van der Waals surface area contributed by atoms with Crippen molar-refractivity contribution in [1.29, 1.82) is 0 Å². The fourth-order valence-electron chi connectivity index (χ4n) is 1.79. The molecule has 0 aliphatic heterocycles. The lowest BCUT2D eigenvalue weighted by Gasteiger charge is -2.11. The Morgan fingerprint density at radius 3 is 2.68 bits per heavy atom. The van der Waals surface area contributed by atoms with Crippen LogP contribution in [0.25, 0.3) is 0 Å². The minimum absolute atomic E-state index is 0.175. The summed E-state index contributed by atoms with van der Waals surface area (Å²) >= 11 is 0. The molecule has 0 bridgehead atoms. The number of hydrogen-bond donors (Lipinski definition) is 1. The number of halogens is 3. The van der Waals surface area contributed by atoms with Crippen LogP contribution >= 0.6 is 0 Å². The number of carbonyl (C=O) groups is 1. The molecule has 1 heterocycles. The molecule has 0 fully saturated rings. The van der Waals surface area contributed by atoms with Gasteiger partial charge in [0.1, 0.15) is 11.6 Å². The van der Waals surface area contributed by atoms with E-state index in [2.05, 4.69) is 10.3 Å². The minimum atomic E-state index is -4.49. The van der Waals surface area contributed by atoms with Gasteiger partial charge in [0.05, 0.1) is 17.7 Å². The monoisotopic (exact) mass is 310 g/mol. The Morgan fingerprint density at radius 2 is 2.00 bits per heavy atom. The second-order valence-corrected chi connectivity index (χ2v) is 4.31. The molecule has 2 rings (SSSR count). The van der Waals surface area contributed by atoms with E-state index in [4.69, 9.17) is 4.74 Å². The average Bonchev–Trinajstić information content (AvgIpc) is 2.47. The van der Waals surface area contributed by atoms with Crippen molar-refractivity contribution in [3.8, 4) is 5.75 Å². The number of nitrogens with zero attached hydrogens (tertiary/aromatic N) is 1. The molecule has 0 saturated heterocycles. The van der Waals surface area contributed by atoms with Crippen LogP contribution in [0.15, 0.2) is 42.6 Å². The number of carbonyl (C=O) groups excluding carboxylic acids is 1. The van der Waals surface area contributed by atoms with E-state index in [9.17, 15) is 18.0 Å². The van der Waals surface area contributed by atoms with Gasteiger partial charge in [-0.2, -0.15) is 13.2 Å². The standard InChI is InChI=1S/C15H13F3N2O2/c1-2-22-12-6-4-3-5-11(12)14(21)20-13-9-10(7-8-19-13)15(16,17)18/h3-9H,2H2,1H3,(H,19,20,21). The highest BCUT2D eigenvalue weighted by molar-refractivity contribution is 6.05. The fourth-order valence-corrected chi connectivity index (χ4v) is 1.79. The van der Waals surface area contributed by atoms with Gasteiger partial charge in [-0.05, 0) is 31.2 Å². The molecule has 116 valence electrons.